The molecule has 41 heavy (non-hydrogen) atoms. The third-order valence-electron chi connectivity index (χ3n) is 7.63. The van der Waals surface area contributed by atoms with Gasteiger partial charge in [0.15, 0.2) is 5.11 Å². The van der Waals surface area contributed by atoms with Gasteiger partial charge in [-0.15, -0.1) is 0 Å². The number of ether oxygens (including phenoxy) is 2. The van der Waals surface area contributed by atoms with Gasteiger partial charge in [0.05, 0.1) is 35.1 Å². The normalized spacial score (nSPS) is 16.8. The van der Waals surface area contributed by atoms with Crippen molar-refractivity contribution in [2.75, 3.05) is 25.2 Å². The first-order valence-corrected chi connectivity index (χ1v) is 14.4. The number of thiocarbonyl (C=S) groups is 1. The number of fused-ring (bicyclic) bond motifs is 1. The average Bonchev–Trinajstić information content (AvgIpc) is 3.48. The van der Waals surface area contributed by atoms with Crippen LogP contribution in [-0.2, 0) is 4.74 Å². The van der Waals surface area contributed by atoms with Crippen molar-refractivity contribution < 1.29 is 9.47 Å². The fraction of sp³-hybridized carbons (Fsp3) is 0.212. The standard InChI is InChI=1S/C33H31ClN4O2S/c1-21-19-26(22(2)37(21)29-13-8-10-23-9-4-5-11-25(23)29)32-31(28-12-6-7-16-35-28)36-33(41)38(32)24-14-15-30(27(34)20-24)40-18-17-39-3/h4-16,19-20,31-32H,17-18H2,1-3H3,(H,36,41)/t31-,32-/m0/s1. The summed E-state index contributed by atoms with van der Waals surface area (Å²) < 4.78 is 13.3. The van der Waals surface area contributed by atoms with Crippen LogP contribution in [0.15, 0.2) is 91.1 Å². The number of hydrogen-bond donors (Lipinski definition) is 1. The van der Waals surface area contributed by atoms with Gasteiger partial charge in [-0.1, -0.05) is 54.1 Å². The highest BCUT2D eigenvalue weighted by molar-refractivity contribution is 7.80. The topological polar surface area (TPSA) is 51.6 Å². The second-order valence-corrected chi connectivity index (χ2v) is 10.9. The predicted molar refractivity (Wildman–Crippen MR) is 170 cm³/mol. The molecule has 1 N–H and O–H groups in total. The van der Waals surface area contributed by atoms with Gasteiger partial charge >= 0.3 is 0 Å². The van der Waals surface area contributed by atoms with E-state index in [1.54, 1.807) is 7.11 Å². The number of pyridine rings is 1. The molecule has 6 nitrogen and oxygen atoms in total. The number of nitrogens with one attached hydrogen (secondary N) is 1. The van der Waals surface area contributed by atoms with Gasteiger partial charge in [0.25, 0.3) is 0 Å². The van der Waals surface area contributed by atoms with E-state index in [1.807, 2.05) is 42.6 Å². The molecule has 3 heterocycles. The lowest BCUT2D eigenvalue weighted by atomic mass is 9.96. The van der Waals surface area contributed by atoms with E-state index in [1.165, 1.54) is 10.8 Å². The highest BCUT2D eigenvalue weighted by Crippen LogP contribution is 2.45. The van der Waals surface area contributed by atoms with Crippen LogP contribution in [0.4, 0.5) is 5.69 Å². The van der Waals surface area contributed by atoms with Gasteiger partial charge in [-0.3, -0.25) is 4.98 Å². The lowest BCUT2D eigenvalue weighted by Crippen LogP contribution is -2.29. The molecule has 0 saturated carbocycles. The van der Waals surface area contributed by atoms with E-state index < -0.39 is 0 Å². The number of hydrogen-bond acceptors (Lipinski definition) is 4. The van der Waals surface area contributed by atoms with Crippen molar-refractivity contribution in [3.05, 3.63) is 119 Å². The first kappa shape index (κ1) is 27.3. The minimum Gasteiger partial charge on any atom is -0.490 e. The molecule has 6 rings (SSSR count). The van der Waals surface area contributed by atoms with Crippen LogP contribution in [-0.4, -0.2) is 35.0 Å². The summed E-state index contributed by atoms with van der Waals surface area (Å²) in [5.41, 5.74) is 6.40. The Labute approximate surface area is 250 Å². The highest BCUT2D eigenvalue weighted by Gasteiger charge is 2.42. The van der Waals surface area contributed by atoms with E-state index in [4.69, 9.17) is 38.3 Å². The van der Waals surface area contributed by atoms with Crippen LogP contribution in [0, 0.1) is 13.8 Å². The van der Waals surface area contributed by atoms with Gasteiger partial charge in [-0.25, -0.2) is 0 Å². The van der Waals surface area contributed by atoms with E-state index in [0.29, 0.717) is 29.1 Å². The Morgan fingerprint density at radius 2 is 1.76 bits per heavy atom. The summed E-state index contributed by atoms with van der Waals surface area (Å²) in [7, 11) is 1.64. The molecule has 1 saturated heterocycles. The molecule has 3 aromatic carbocycles. The molecule has 1 aliphatic heterocycles. The van der Waals surface area contributed by atoms with Crippen LogP contribution in [0.3, 0.4) is 0 Å². The van der Waals surface area contributed by atoms with E-state index in [0.717, 1.165) is 34.0 Å². The van der Waals surface area contributed by atoms with Crippen molar-refractivity contribution in [3.63, 3.8) is 0 Å². The summed E-state index contributed by atoms with van der Waals surface area (Å²) in [6.07, 6.45) is 1.82. The Bertz CT molecular complexity index is 1720. The summed E-state index contributed by atoms with van der Waals surface area (Å²) in [5.74, 6) is 0.609. The number of benzene rings is 3. The summed E-state index contributed by atoms with van der Waals surface area (Å²) in [6.45, 7) is 5.24. The Hall–Kier alpha value is -3.91. The smallest absolute Gasteiger partial charge is 0.174 e. The Morgan fingerprint density at radius 3 is 2.54 bits per heavy atom. The molecule has 0 unspecified atom stereocenters. The van der Waals surface area contributed by atoms with Crippen LogP contribution in [0.2, 0.25) is 5.02 Å². The maximum atomic E-state index is 6.71. The Morgan fingerprint density at radius 1 is 0.951 bits per heavy atom. The zero-order valence-corrected chi connectivity index (χ0v) is 24.7. The Kier molecular flexibility index (Phi) is 7.67. The summed E-state index contributed by atoms with van der Waals surface area (Å²) in [5, 5.41) is 7.11. The zero-order valence-electron chi connectivity index (χ0n) is 23.2. The quantitative estimate of drug-likeness (QED) is 0.151. The van der Waals surface area contributed by atoms with Crippen LogP contribution in [0.5, 0.6) is 5.75 Å². The van der Waals surface area contributed by atoms with Crippen molar-refractivity contribution in [2.45, 2.75) is 25.9 Å². The maximum absolute atomic E-state index is 6.71. The molecule has 2 atom stereocenters. The summed E-state index contributed by atoms with van der Waals surface area (Å²) in [6, 6.07) is 28.7. The molecule has 1 fully saturated rings. The number of halogens is 1. The molecule has 208 valence electrons. The lowest BCUT2D eigenvalue weighted by molar-refractivity contribution is 0.146. The van der Waals surface area contributed by atoms with Crippen LogP contribution in [0.25, 0.3) is 16.5 Å². The first-order valence-electron chi connectivity index (χ1n) is 13.6. The average molecular weight is 583 g/mol. The second kappa shape index (κ2) is 11.5. The molecule has 0 bridgehead atoms. The van der Waals surface area contributed by atoms with Crippen molar-refractivity contribution in [1.29, 1.82) is 0 Å². The van der Waals surface area contributed by atoms with Gasteiger partial charge in [-0.05, 0) is 79.5 Å². The minimum absolute atomic E-state index is 0.163. The SMILES string of the molecule is COCCOc1ccc(N2C(=S)N[C@@H](c3ccccn3)[C@@H]2c2cc(C)n(-c3cccc4ccccc34)c2C)cc1Cl. The molecule has 2 aromatic heterocycles. The molecule has 0 spiro atoms. The van der Waals surface area contributed by atoms with E-state index >= 15 is 0 Å². The maximum Gasteiger partial charge on any atom is 0.174 e. The van der Waals surface area contributed by atoms with Crippen molar-refractivity contribution in [3.8, 4) is 11.4 Å². The number of aryl methyl sites for hydroxylation is 1. The van der Waals surface area contributed by atoms with Gasteiger partial charge in [0.2, 0.25) is 0 Å². The predicted octanol–water partition coefficient (Wildman–Crippen LogP) is 7.50. The van der Waals surface area contributed by atoms with Gasteiger partial charge in [0, 0.05) is 35.8 Å². The van der Waals surface area contributed by atoms with Gasteiger partial charge < -0.3 is 24.3 Å². The number of methoxy groups -OCH3 is 1. The molecular formula is C33H31ClN4O2S. The molecular weight excluding hydrogens is 552 g/mol. The van der Waals surface area contributed by atoms with E-state index in [2.05, 4.69) is 77.2 Å². The molecule has 0 radical (unpaired) electrons. The van der Waals surface area contributed by atoms with Crippen molar-refractivity contribution >= 4 is 45.4 Å². The second-order valence-electron chi connectivity index (χ2n) is 10.1. The van der Waals surface area contributed by atoms with Crippen molar-refractivity contribution in [2.24, 2.45) is 0 Å². The molecule has 1 aliphatic rings. The number of anilines is 1. The van der Waals surface area contributed by atoms with Gasteiger partial charge in [0.1, 0.15) is 12.4 Å². The minimum atomic E-state index is -0.165. The third kappa shape index (κ3) is 5.05. The first-order chi connectivity index (χ1) is 20.0. The fourth-order valence-corrected chi connectivity index (χ4v) is 6.38. The van der Waals surface area contributed by atoms with Crippen LogP contribution < -0.4 is 15.0 Å². The summed E-state index contributed by atoms with van der Waals surface area (Å²) in [4.78, 5) is 6.86. The molecule has 0 aliphatic carbocycles. The summed E-state index contributed by atoms with van der Waals surface area (Å²) >= 11 is 12.7. The van der Waals surface area contributed by atoms with Gasteiger partial charge in [-0.2, -0.15) is 0 Å². The Balaban J connectivity index is 1.48. The number of nitrogens with zero attached hydrogens (tertiary/aromatic N) is 3. The van der Waals surface area contributed by atoms with Crippen molar-refractivity contribution in [1.82, 2.24) is 14.9 Å². The van der Waals surface area contributed by atoms with E-state index in [9.17, 15) is 0 Å². The van der Waals surface area contributed by atoms with Crippen LogP contribution in [0.1, 0.15) is 34.7 Å². The largest absolute Gasteiger partial charge is 0.490 e. The molecule has 8 heteroatoms. The zero-order chi connectivity index (χ0) is 28.5. The lowest BCUT2D eigenvalue weighted by Gasteiger charge is -2.28. The third-order valence-corrected chi connectivity index (χ3v) is 8.24. The van der Waals surface area contributed by atoms with E-state index in [-0.39, 0.29) is 12.1 Å². The number of rotatable bonds is 8. The fourth-order valence-electron chi connectivity index (χ4n) is 5.80. The highest BCUT2D eigenvalue weighted by atomic mass is 35.5. The monoisotopic (exact) mass is 582 g/mol. The van der Waals surface area contributed by atoms with Crippen LogP contribution >= 0.6 is 23.8 Å². The molecule has 0 amide bonds. The molecule has 5 aromatic rings. The number of aromatic nitrogens is 2.